The molecule has 0 aliphatic carbocycles. The van der Waals surface area contributed by atoms with E-state index in [1.54, 1.807) is 0 Å². The van der Waals surface area contributed by atoms with Gasteiger partial charge < -0.3 is 33.8 Å². The highest BCUT2D eigenvalue weighted by Gasteiger charge is 2.30. The summed E-state index contributed by atoms with van der Waals surface area (Å²) in [5.41, 5.74) is 0. The van der Waals surface area contributed by atoms with E-state index in [1.165, 1.54) is 44.9 Å². The molecule has 0 amide bonds. The van der Waals surface area contributed by atoms with Crippen LogP contribution < -0.4 is 0 Å². The van der Waals surface area contributed by atoms with Crippen LogP contribution in [0.5, 0.6) is 0 Å². The maximum atomic E-state index is 13.0. The number of aliphatic hydroxyl groups is 1. The van der Waals surface area contributed by atoms with Crippen molar-refractivity contribution in [1.29, 1.82) is 0 Å². The van der Waals surface area contributed by atoms with Crippen LogP contribution in [0, 0.1) is 0 Å². The number of phosphoric acid groups is 2. The lowest BCUT2D eigenvalue weighted by molar-refractivity contribution is -0.161. The highest BCUT2D eigenvalue weighted by Crippen LogP contribution is 2.45. The minimum absolute atomic E-state index is 0.0780. The second-order valence-electron chi connectivity index (χ2n) is 24.1. The molecule has 3 N–H and O–H groups in total. The lowest BCUT2D eigenvalue weighted by Crippen LogP contribution is -2.30. The van der Waals surface area contributed by atoms with Gasteiger partial charge in [-0.2, -0.15) is 0 Å². The number of hydrogen-bond donors (Lipinski definition) is 3. The van der Waals surface area contributed by atoms with Gasteiger partial charge in [0.05, 0.1) is 26.4 Å². The van der Waals surface area contributed by atoms with Gasteiger partial charge in [0, 0.05) is 25.7 Å². The SMILES string of the molecule is CC/C=C\C/C=C\C/C=C\C/C=C\CCCCCCC(=O)OCC(COP(=O)(O)OCC(O)COP(=O)(O)OCC(COC(=O)CCCCCCC/C=C\C/C=C\CCCCC)OC(=O)CCCCCCC/C=C\CCCC)OC(=O)CCCCCCC/C=C\CCCC. The predicted octanol–water partition coefficient (Wildman–Crippen LogP) is 20.4. The Hall–Kier alpha value is -4.02. The summed E-state index contributed by atoms with van der Waals surface area (Å²) >= 11 is 0. The van der Waals surface area contributed by atoms with Crippen LogP contribution in [0.1, 0.15) is 297 Å². The molecule has 0 aliphatic heterocycles. The van der Waals surface area contributed by atoms with E-state index in [2.05, 4.69) is 125 Å². The molecule has 5 unspecified atom stereocenters. The van der Waals surface area contributed by atoms with Gasteiger partial charge in [0.2, 0.25) is 0 Å². The van der Waals surface area contributed by atoms with E-state index in [1.807, 2.05) is 0 Å². The molecule has 0 saturated heterocycles. The average Bonchev–Trinajstić information content (AvgIpc) is 1.32. The van der Waals surface area contributed by atoms with E-state index in [4.69, 9.17) is 37.0 Å². The summed E-state index contributed by atoms with van der Waals surface area (Å²) in [6.45, 7) is 4.58. The third-order valence-corrected chi connectivity index (χ3v) is 16.9. The standard InChI is InChI=1S/C75H130O17P2/c1-5-9-13-17-21-25-29-31-33-34-36-38-42-44-48-52-56-60-73(78)86-66-71(92-75(80)62-58-54-50-46-40-28-24-20-16-12-8-4)68-90-94(83,84)88-64-69(76)63-87-93(81,82)89-67-70(91-74(79)61-57-53-49-45-39-27-23-19-15-11-7-3)65-85-72(77)59-55-51-47-43-41-37-35-32-30-26-22-18-14-10-6-2/h9,13,19-26,31-33,35-36,38,69-71,76H,5-8,10-12,14-18,27-30,34,37,39-68H2,1-4H3,(H,81,82)(H,83,84)/b13-9-,23-19-,24-20-,25-21-,26-22-,33-31-,35-32-,38-36-. The third kappa shape index (κ3) is 66.6. The number of rotatable bonds is 68. The Bertz CT molecular complexity index is 2170. The molecule has 0 bridgehead atoms. The molecule has 19 heteroatoms. The van der Waals surface area contributed by atoms with Gasteiger partial charge >= 0.3 is 39.5 Å². The van der Waals surface area contributed by atoms with Crippen LogP contribution in [0.2, 0.25) is 0 Å². The monoisotopic (exact) mass is 1360 g/mol. The molecule has 17 nitrogen and oxygen atoms in total. The Balaban J connectivity index is 5.32. The minimum Gasteiger partial charge on any atom is -0.462 e. The zero-order valence-corrected chi connectivity index (χ0v) is 60.7. The van der Waals surface area contributed by atoms with E-state index in [0.717, 1.165) is 173 Å². The number of ether oxygens (including phenoxy) is 4. The van der Waals surface area contributed by atoms with Gasteiger partial charge in [-0.15, -0.1) is 0 Å². The van der Waals surface area contributed by atoms with E-state index in [0.29, 0.717) is 25.7 Å². The molecule has 0 aromatic rings. The van der Waals surface area contributed by atoms with Gasteiger partial charge in [0.15, 0.2) is 12.2 Å². The van der Waals surface area contributed by atoms with Crippen LogP contribution in [-0.2, 0) is 65.4 Å². The van der Waals surface area contributed by atoms with Crippen LogP contribution in [0.15, 0.2) is 97.2 Å². The van der Waals surface area contributed by atoms with Crippen LogP contribution in [0.4, 0.5) is 0 Å². The van der Waals surface area contributed by atoms with Crippen molar-refractivity contribution in [2.45, 2.75) is 316 Å². The second-order valence-corrected chi connectivity index (χ2v) is 27.0. The van der Waals surface area contributed by atoms with Crippen molar-refractivity contribution in [1.82, 2.24) is 0 Å². The van der Waals surface area contributed by atoms with Gasteiger partial charge in [-0.1, -0.05) is 234 Å². The Morgan fingerprint density at radius 1 is 0.309 bits per heavy atom. The molecule has 0 rings (SSSR count). The molecule has 0 heterocycles. The summed E-state index contributed by atoms with van der Waals surface area (Å²) in [6.07, 6.45) is 68.5. The van der Waals surface area contributed by atoms with Crippen molar-refractivity contribution in [2.24, 2.45) is 0 Å². The van der Waals surface area contributed by atoms with Crippen molar-refractivity contribution in [3.63, 3.8) is 0 Å². The molecular weight excluding hydrogens is 1230 g/mol. The maximum Gasteiger partial charge on any atom is 0.472 e. The largest absolute Gasteiger partial charge is 0.472 e. The van der Waals surface area contributed by atoms with Crippen molar-refractivity contribution in [3.8, 4) is 0 Å². The summed E-state index contributed by atoms with van der Waals surface area (Å²) in [4.78, 5) is 72.6. The van der Waals surface area contributed by atoms with Crippen molar-refractivity contribution >= 4 is 39.5 Å². The lowest BCUT2D eigenvalue weighted by Gasteiger charge is -2.21. The predicted molar refractivity (Wildman–Crippen MR) is 381 cm³/mol. The van der Waals surface area contributed by atoms with E-state index < -0.39 is 97.5 Å². The number of hydrogen-bond acceptors (Lipinski definition) is 15. The number of aliphatic hydroxyl groups excluding tert-OH is 1. The fourth-order valence-corrected chi connectivity index (χ4v) is 11.0. The third-order valence-electron chi connectivity index (χ3n) is 15.0. The zero-order valence-electron chi connectivity index (χ0n) is 58.9. The molecular formula is C75H130O17P2. The normalized spacial score (nSPS) is 14.6. The fourth-order valence-electron chi connectivity index (χ4n) is 9.38. The number of allylic oxidation sites excluding steroid dienone is 16. The summed E-state index contributed by atoms with van der Waals surface area (Å²) in [7, 11) is -9.95. The molecule has 0 aliphatic rings. The van der Waals surface area contributed by atoms with Crippen LogP contribution in [0.25, 0.3) is 0 Å². The molecule has 0 aromatic heterocycles. The smallest absolute Gasteiger partial charge is 0.462 e. The van der Waals surface area contributed by atoms with Crippen molar-refractivity contribution in [3.05, 3.63) is 97.2 Å². The first-order valence-corrected chi connectivity index (χ1v) is 39.5. The molecule has 542 valence electrons. The average molecular weight is 1370 g/mol. The van der Waals surface area contributed by atoms with Gasteiger partial charge in [-0.3, -0.25) is 37.3 Å². The molecule has 0 aromatic carbocycles. The Kier molecular flexibility index (Phi) is 64.7. The lowest BCUT2D eigenvalue weighted by atomic mass is 10.1. The number of phosphoric ester groups is 2. The molecule has 0 fully saturated rings. The first-order valence-electron chi connectivity index (χ1n) is 36.5. The second kappa shape index (κ2) is 67.5. The van der Waals surface area contributed by atoms with Gasteiger partial charge in [-0.05, 0) is 135 Å². The summed E-state index contributed by atoms with van der Waals surface area (Å²) in [5.74, 6) is -2.23. The van der Waals surface area contributed by atoms with Crippen LogP contribution in [-0.4, -0.2) is 96.7 Å². The highest BCUT2D eigenvalue weighted by molar-refractivity contribution is 7.47. The first kappa shape index (κ1) is 90.0. The molecule has 0 saturated carbocycles. The maximum absolute atomic E-state index is 13.0. The van der Waals surface area contributed by atoms with Gasteiger partial charge in [-0.25, -0.2) is 9.13 Å². The van der Waals surface area contributed by atoms with Crippen LogP contribution >= 0.6 is 15.6 Å². The molecule has 0 spiro atoms. The number of carbonyl (C=O) groups excluding carboxylic acids is 4. The molecule has 94 heavy (non-hydrogen) atoms. The minimum atomic E-state index is -4.98. The molecule has 0 radical (unpaired) electrons. The van der Waals surface area contributed by atoms with Gasteiger partial charge in [0.1, 0.15) is 19.3 Å². The van der Waals surface area contributed by atoms with E-state index in [9.17, 15) is 43.2 Å². The zero-order chi connectivity index (χ0) is 69.0. The Labute approximate surface area is 569 Å². The topological polar surface area (TPSA) is 237 Å². The summed E-state index contributed by atoms with van der Waals surface area (Å²) in [6, 6.07) is 0. The Morgan fingerprint density at radius 2 is 0.564 bits per heavy atom. The van der Waals surface area contributed by atoms with Gasteiger partial charge in [0.25, 0.3) is 0 Å². The fraction of sp³-hybridized carbons (Fsp3) is 0.733. The number of carbonyl (C=O) groups is 4. The molecule has 5 atom stereocenters. The number of unbranched alkanes of at least 4 members (excludes halogenated alkanes) is 26. The van der Waals surface area contributed by atoms with Crippen LogP contribution in [0.3, 0.4) is 0 Å². The summed E-state index contributed by atoms with van der Waals surface area (Å²) in [5, 5.41) is 10.6. The van der Waals surface area contributed by atoms with Crippen molar-refractivity contribution in [2.75, 3.05) is 39.6 Å². The quantitative estimate of drug-likeness (QED) is 0.0169. The van der Waals surface area contributed by atoms with Crippen molar-refractivity contribution < 1.29 is 80.2 Å². The van der Waals surface area contributed by atoms with E-state index in [-0.39, 0.29) is 25.7 Å². The Morgan fingerprint density at radius 3 is 0.894 bits per heavy atom. The number of esters is 4. The highest BCUT2D eigenvalue weighted by atomic mass is 31.2. The van der Waals surface area contributed by atoms with E-state index >= 15 is 0 Å². The first-order chi connectivity index (χ1) is 45.7. The summed E-state index contributed by atoms with van der Waals surface area (Å²) < 4.78 is 68.2.